The van der Waals surface area contributed by atoms with Crippen molar-refractivity contribution in [3.8, 4) is 22.5 Å². The highest BCUT2D eigenvalue weighted by Crippen LogP contribution is 2.42. The molecule has 4 aromatic rings. The zero-order valence-electron chi connectivity index (χ0n) is 15.3. The topological polar surface area (TPSA) is 72.3 Å². The average Bonchev–Trinajstić information content (AvgIpc) is 3.32. The van der Waals surface area contributed by atoms with E-state index in [1.165, 1.54) is 12.3 Å². The van der Waals surface area contributed by atoms with Gasteiger partial charge in [0, 0.05) is 34.8 Å². The maximum atomic E-state index is 13.6. The second kappa shape index (κ2) is 6.19. The fraction of sp³-hybridized carbons (Fsp3) is 0.300. The van der Waals surface area contributed by atoms with Crippen molar-refractivity contribution < 1.29 is 8.78 Å². The molecule has 0 bridgehead atoms. The molecule has 1 aliphatic heterocycles. The van der Waals surface area contributed by atoms with Gasteiger partial charge in [0.15, 0.2) is 5.65 Å². The third-order valence-corrected chi connectivity index (χ3v) is 5.47. The van der Waals surface area contributed by atoms with Gasteiger partial charge < -0.3 is 0 Å². The summed E-state index contributed by atoms with van der Waals surface area (Å²) in [7, 11) is 0. The second-order valence-electron chi connectivity index (χ2n) is 7.62. The van der Waals surface area contributed by atoms with E-state index >= 15 is 0 Å². The molecule has 6 nitrogen and oxygen atoms in total. The summed E-state index contributed by atoms with van der Waals surface area (Å²) >= 11 is 0. The van der Waals surface area contributed by atoms with E-state index in [2.05, 4.69) is 20.2 Å². The van der Waals surface area contributed by atoms with Crippen LogP contribution in [-0.2, 0) is 13.0 Å². The van der Waals surface area contributed by atoms with Gasteiger partial charge in [0.1, 0.15) is 11.5 Å². The van der Waals surface area contributed by atoms with Crippen LogP contribution >= 0.6 is 0 Å². The van der Waals surface area contributed by atoms with Gasteiger partial charge in [0.2, 0.25) is 0 Å². The molecule has 28 heavy (non-hydrogen) atoms. The summed E-state index contributed by atoms with van der Waals surface area (Å²) < 4.78 is 28.9. The lowest BCUT2D eigenvalue weighted by Gasteiger charge is -2.31. The van der Waals surface area contributed by atoms with Crippen molar-refractivity contribution in [2.24, 2.45) is 5.41 Å². The Morgan fingerprint density at radius 3 is 2.89 bits per heavy atom. The molecule has 1 N–H and O–H groups in total. The molecule has 8 heteroatoms. The molecular formula is C20H18F2N6. The summed E-state index contributed by atoms with van der Waals surface area (Å²) in [6.45, 7) is 2.04. The van der Waals surface area contributed by atoms with Crippen LogP contribution in [0.25, 0.3) is 33.5 Å². The molecule has 1 atom stereocenters. The van der Waals surface area contributed by atoms with Crippen molar-refractivity contribution in [2.45, 2.75) is 26.3 Å². The highest BCUT2D eigenvalue weighted by Gasteiger charge is 2.34. The van der Waals surface area contributed by atoms with E-state index in [4.69, 9.17) is 5.10 Å². The first-order chi connectivity index (χ1) is 13.6. The predicted molar refractivity (Wildman–Crippen MR) is 101 cm³/mol. The van der Waals surface area contributed by atoms with Crippen LogP contribution in [0.2, 0.25) is 0 Å². The van der Waals surface area contributed by atoms with Crippen molar-refractivity contribution >= 4 is 11.0 Å². The van der Waals surface area contributed by atoms with Crippen molar-refractivity contribution in [3.05, 3.63) is 48.3 Å². The van der Waals surface area contributed by atoms with Gasteiger partial charge in [-0.25, -0.2) is 9.37 Å². The minimum absolute atomic E-state index is 0.396. The minimum Gasteiger partial charge on any atom is -0.268 e. The first-order valence-corrected chi connectivity index (χ1v) is 9.14. The number of aromatic amines is 1. The van der Waals surface area contributed by atoms with Gasteiger partial charge >= 0.3 is 0 Å². The van der Waals surface area contributed by atoms with Crippen molar-refractivity contribution in [2.75, 3.05) is 6.67 Å². The Balaban J connectivity index is 1.77. The van der Waals surface area contributed by atoms with E-state index in [0.29, 0.717) is 30.0 Å². The normalized spacial score (nSPS) is 19.1. The summed E-state index contributed by atoms with van der Waals surface area (Å²) in [5.74, 6) is -0.402. The highest BCUT2D eigenvalue weighted by molar-refractivity contribution is 5.97. The molecule has 142 valence electrons. The summed E-state index contributed by atoms with van der Waals surface area (Å²) in [4.78, 5) is 8.55. The maximum absolute atomic E-state index is 13.6. The number of nitrogens with one attached hydrogen (secondary N) is 1. The highest BCUT2D eigenvalue weighted by atomic mass is 19.1. The van der Waals surface area contributed by atoms with Crippen LogP contribution in [0.1, 0.15) is 19.0 Å². The number of H-pyrrole nitrogens is 1. The van der Waals surface area contributed by atoms with Gasteiger partial charge in [-0.2, -0.15) is 10.2 Å². The number of hydrogen-bond donors (Lipinski definition) is 1. The molecule has 0 radical (unpaired) electrons. The number of nitrogens with zero attached hydrogens (tertiary/aromatic N) is 5. The molecule has 0 amide bonds. The van der Waals surface area contributed by atoms with Gasteiger partial charge in [-0.3, -0.25) is 19.2 Å². The minimum atomic E-state index is -0.438. The summed E-state index contributed by atoms with van der Waals surface area (Å²) in [6.07, 6.45) is 6.07. The smallest absolute Gasteiger partial charge is 0.155 e. The largest absolute Gasteiger partial charge is 0.268 e. The van der Waals surface area contributed by atoms with E-state index in [1.54, 1.807) is 18.5 Å². The van der Waals surface area contributed by atoms with Crippen molar-refractivity contribution in [3.63, 3.8) is 0 Å². The van der Waals surface area contributed by atoms with Gasteiger partial charge in [0.05, 0.1) is 24.8 Å². The molecular weight excluding hydrogens is 362 g/mol. The lowest BCUT2D eigenvalue weighted by atomic mass is 9.82. The Morgan fingerprint density at radius 1 is 1.21 bits per heavy atom. The lowest BCUT2D eigenvalue weighted by Crippen LogP contribution is -2.32. The Morgan fingerprint density at radius 2 is 2.11 bits per heavy atom. The number of hydrogen-bond acceptors (Lipinski definition) is 4. The molecule has 5 rings (SSSR count). The van der Waals surface area contributed by atoms with Crippen LogP contribution in [0.4, 0.5) is 8.78 Å². The average molecular weight is 380 g/mol. The fourth-order valence-electron chi connectivity index (χ4n) is 3.90. The molecule has 0 saturated heterocycles. The predicted octanol–water partition coefficient (Wildman–Crippen LogP) is 3.94. The zero-order chi connectivity index (χ0) is 19.3. The maximum Gasteiger partial charge on any atom is 0.155 e. The molecule has 0 fully saturated rings. The van der Waals surface area contributed by atoms with Crippen LogP contribution in [0, 0.1) is 11.2 Å². The number of fused-ring (bicyclic) bond motifs is 2. The lowest BCUT2D eigenvalue weighted by molar-refractivity contribution is 0.155. The quantitative estimate of drug-likeness (QED) is 0.584. The SMILES string of the molecule is C[C@]1(CF)CCc2c(-c3ccnc4[nH]ncc34)c(-c3ccc(F)cn3)nn2C1. The monoisotopic (exact) mass is 380 g/mol. The Kier molecular flexibility index (Phi) is 3.75. The third kappa shape index (κ3) is 2.59. The second-order valence-corrected chi connectivity index (χ2v) is 7.62. The van der Waals surface area contributed by atoms with Gasteiger partial charge in [-0.05, 0) is 36.6 Å². The number of aromatic nitrogens is 6. The van der Waals surface area contributed by atoms with E-state index in [0.717, 1.165) is 28.6 Å². The van der Waals surface area contributed by atoms with Gasteiger partial charge in [-0.15, -0.1) is 0 Å². The van der Waals surface area contributed by atoms with Crippen LogP contribution in [0.3, 0.4) is 0 Å². The van der Waals surface area contributed by atoms with Crippen LogP contribution in [-0.4, -0.2) is 36.6 Å². The number of pyridine rings is 2. The summed E-state index contributed by atoms with van der Waals surface area (Å²) in [5.41, 5.74) is 4.37. The van der Waals surface area contributed by atoms with Gasteiger partial charge in [0.25, 0.3) is 0 Å². The number of rotatable bonds is 3. The summed E-state index contributed by atoms with van der Waals surface area (Å²) in [6, 6.07) is 4.91. The third-order valence-electron chi connectivity index (χ3n) is 5.47. The standard InChI is InChI=1S/C20H18F2N6/c1-20(10-21)6-4-16-17(13-5-7-23-19-14(13)9-25-26-19)18(27-28(16)11-20)15-3-2-12(22)8-24-15/h2-3,5,7-9H,4,6,10-11H2,1H3,(H,23,25,26)/t20-/m1/s1. The molecule has 5 heterocycles. The Bertz CT molecular complexity index is 1160. The molecule has 0 aliphatic carbocycles. The Hall–Kier alpha value is -3.16. The summed E-state index contributed by atoms with van der Waals surface area (Å²) in [5, 5.41) is 12.6. The zero-order valence-corrected chi connectivity index (χ0v) is 15.3. The number of alkyl halides is 1. The van der Waals surface area contributed by atoms with E-state index in [9.17, 15) is 8.78 Å². The molecule has 0 unspecified atom stereocenters. The van der Waals surface area contributed by atoms with Crippen LogP contribution in [0.5, 0.6) is 0 Å². The van der Waals surface area contributed by atoms with Crippen molar-refractivity contribution in [1.29, 1.82) is 0 Å². The van der Waals surface area contributed by atoms with Gasteiger partial charge in [-0.1, -0.05) is 6.92 Å². The first kappa shape index (κ1) is 17.0. The fourth-order valence-corrected chi connectivity index (χ4v) is 3.90. The molecule has 1 aliphatic rings. The first-order valence-electron chi connectivity index (χ1n) is 9.14. The van der Waals surface area contributed by atoms with E-state index in [1.807, 2.05) is 17.7 Å². The molecule has 0 aromatic carbocycles. The van der Waals surface area contributed by atoms with E-state index < -0.39 is 17.9 Å². The Labute approximate surface area is 159 Å². The molecule has 0 spiro atoms. The van der Waals surface area contributed by atoms with E-state index in [-0.39, 0.29) is 0 Å². The van der Waals surface area contributed by atoms with Crippen LogP contribution in [0.15, 0.2) is 36.8 Å². The van der Waals surface area contributed by atoms with Crippen LogP contribution < -0.4 is 0 Å². The van der Waals surface area contributed by atoms with Crippen molar-refractivity contribution in [1.82, 2.24) is 29.9 Å². The molecule has 0 saturated carbocycles. The molecule has 4 aromatic heterocycles. The number of halogens is 2.